The first-order valence-electron chi connectivity index (χ1n) is 17.6. The fourth-order valence-corrected chi connectivity index (χ4v) is 12.0. The highest BCUT2D eigenvalue weighted by atomic mass is 16.7. The van der Waals surface area contributed by atoms with E-state index in [0.29, 0.717) is 59.8 Å². The maximum absolute atomic E-state index is 12.9. The van der Waals surface area contributed by atoms with Crippen LogP contribution in [-0.2, 0) is 12.8 Å². The molecule has 0 radical (unpaired) electrons. The summed E-state index contributed by atoms with van der Waals surface area (Å²) in [5, 5.41) is 22.4. The first-order valence-corrected chi connectivity index (χ1v) is 17.6. The minimum Gasteiger partial charge on any atom is -0.395 e. The third-order valence-corrected chi connectivity index (χ3v) is 14.6. The lowest BCUT2D eigenvalue weighted by atomic mass is 9.53. The first kappa shape index (κ1) is 30.1. The van der Waals surface area contributed by atoms with Gasteiger partial charge in [0.1, 0.15) is 22.7 Å². The van der Waals surface area contributed by atoms with Crippen molar-refractivity contribution in [3.63, 3.8) is 0 Å². The maximum atomic E-state index is 12.9. The molecule has 240 valence electrons. The molecule has 0 saturated heterocycles. The Balaban J connectivity index is 0.932. The second-order valence-corrected chi connectivity index (χ2v) is 16.0. The molecule has 0 aliphatic heterocycles. The molecule has 4 fully saturated rings. The van der Waals surface area contributed by atoms with Gasteiger partial charge in [0, 0.05) is 10.8 Å². The van der Waals surface area contributed by atoms with Crippen molar-refractivity contribution < 1.29 is 24.5 Å². The summed E-state index contributed by atoms with van der Waals surface area (Å²) in [7, 11) is 0. The number of aryl methyl sites for hydroxylation is 2. The van der Waals surface area contributed by atoms with Crippen molar-refractivity contribution in [3.8, 4) is 36.2 Å². The Morgan fingerprint density at radius 3 is 1.54 bits per heavy atom. The summed E-state index contributed by atoms with van der Waals surface area (Å²) >= 11 is 0. The van der Waals surface area contributed by atoms with Crippen LogP contribution in [0.4, 0.5) is 4.79 Å². The van der Waals surface area contributed by atoms with Gasteiger partial charge in [0.2, 0.25) is 0 Å². The number of rotatable bonds is 2. The monoisotopic (exact) mass is 618 g/mol. The van der Waals surface area contributed by atoms with Crippen molar-refractivity contribution in [2.75, 3.05) is 0 Å². The van der Waals surface area contributed by atoms with Crippen LogP contribution < -0.4 is 9.47 Å². The van der Waals surface area contributed by atoms with Gasteiger partial charge in [-0.3, -0.25) is 0 Å². The van der Waals surface area contributed by atoms with Gasteiger partial charge in [-0.15, -0.1) is 12.8 Å². The Morgan fingerprint density at radius 1 is 0.696 bits per heavy atom. The van der Waals surface area contributed by atoms with Crippen LogP contribution in [0.2, 0.25) is 0 Å². The van der Waals surface area contributed by atoms with Gasteiger partial charge < -0.3 is 19.7 Å². The molecule has 6 aliphatic rings. The van der Waals surface area contributed by atoms with Gasteiger partial charge in [-0.05, 0) is 159 Å². The van der Waals surface area contributed by atoms with Crippen molar-refractivity contribution in [2.24, 2.45) is 34.5 Å². The lowest BCUT2D eigenvalue weighted by Crippen LogP contribution is -2.50. The highest BCUT2D eigenvalue weighted by Crippen LogP contribution is 2.65. The normalized spacial score (nSPS) is 41.7. The molecule has 2 aromatic carbocycles. The Kier molecular flexibility index (Phi) is 6.79. The third kappa shape index (κ3) is 4.14. The Morgan fingerprint density at radius 2 is 1.13 bits per heavy atom. The molecule has 8 rings (SSSR count). The Labute approximate surface area is 273 Å². The number of terminal acetylenes is 2. The number of hydrogen-bond donors (Lipinski definition) is 2. The van der Waals surface area contributed by atoms with E-state index in [1.807, 2.05) is 24.3 Å². The third-order valence-electron chi connectivity index (χ3n) is 14.6. The van der Waals surface area contributed by atoms with E-state index in [1.165, 1.54) is 22.3 Å². The number of hydrogen-bond acceptors (Lipinski definition) is 5. The zero-order chi connectivity index (χ0) is 32.1. The number of carbonyl (C=O) groups is 1. The van der Waals surface area contributed by atoms with E-state index in [1.54, 1.807) is 0 Å². The smallest absolute Gasteiger partial charge is 0.395 e. The van der Waals surface area contributed by atoms with Crippen LogP contribution in [0, 0.1) is 59.2 Å². The van der Waals surface area contributed by atoms with Gasteiger partial charge >= 0.3 is 6.16 Å². The highest BCUT2D eigenvalue weighted by molar-refractivity contribution is 5.67. The van der Waals surface area contributed by atoms with Crippen molar-refractivity contribution >= 4 is 6.16 Å². The molecule has 0 spiro atoms. The summed E-state index contributed by atoms with van der Waals surface area (Å²) in [4.78, 5) is 12.9. The minimum absolute atomic E-state index is 0.214. The number of fused-ring (bicyclic) bond motifs is 10. The summed E-state index contributed by atoms with van der Waals surface area (Å²) in [6, 6.07) is 12.1. The molecule has 5 heteroatoms. The minimum atomic E-state index is -0.994. The van der Waals surface area contributed by atoms with Crippen LogP contribution in [0.25, 0.3) is 0 Å². The molecule has 0 bridgehead atoms. The fraction of sp³-hybridized carbons (Fsp3) is 0.585. The molecule has 0 aromatic heterocycles. The zero-order valence-corrected chi connectivity index (χ0v) is 27.2. The fourth-order valence-electron chi connectivity index (χ4n) is 12.0. The number of aliphatic hydroxyl groups is 2. The van der Waals surface area contributed by atoms with Crippen molar-refractivity contribution in [3.05, 3.63) is 58.7 Å². The van der Waals surface area contributed by atoms with Crippen molar-refractivity contribution in [1.82, 2.24) is 0 Å². The van der Waals surface area contributed by atoms with E-state index in [0.717, 1.165) is 64.2 Å². The molecule has 10 atom stereocenters. The predicted molar refractivity (Wildman–Crippen MR) is 176 cm³/mol. The lowest BCUT2D eigenvalue weighted by molar-refractivity contribution is -0.0647. The van der Waals surface area contributed by atoms with E-state index in [-0.39, 0.29) is 10.8 Å². The molecule has 0 amide bonds. The Bertz CT molecular complexity index is 1560. The van der Waals surface area contributed by atoms with E-state index < -0.39 is 17.4 Å². The van der Waals surface area contributed by atoms with Crippen molar-refractivity contribution in [2.45, 2.75) is 114 Å². The second-order valence-electron chi connectivity index (χ2n) is 16.0. The summed E-state index contributed by atoms with van der Waals surface area (Å²) in [5.74, 6) is 9.36. The van der Waals surface area contributed by atoms with E-state index >= 15 is 0 Å². The Hall–Kier alpha value is -3.25. The van der Waals surface area contributed by atoms with Crippen molar-refractivity contribution in [1.29, 1.82) is 0 Å². The number of ether oxygens (including phenoxy) is 2. The molecule has 0 heterocycles. The van der Waals surface area contributed by atoms with Gasteiger partial charge in [0.25, 0.3) is 0 Å². The second kappa shape index (κ2) is 10.4. The number of carbonyl (C=O) groups excluding carboxylic acids is 1. The topological polar surface area (TPSA) is 76.0 Å². The molecule has 5 nitrogen and oxygen atoms in total. The van der Waals surface area contributed by atoms with Crippen LogP contribution >= 0.6 is 0 Å². The lowest BCUT2D eigenvalue weighted by Gasteiger charge is -2.52. The van der Waals surface area contributed by atoms with Crippen LogP contribution in [0.15, 0.2) is 36.4 Å². The van der Waals surface area contributed by atoms with Gasteiger partial charge in [-0.2, -0.15) is 0 Å². The van der Waals surface area contributed by atoms with Gasteiger partial charge in [0.05, 0.1) is 0 Å². The largest absolute Gasteiger partial charge is 0.519 e. The molecule has 10 unspecified atom stereocenters. The first-order chi connectivity index (χ1) is 22.0. The van der Waals surface area contributed by atoms with Crippen LogP contribution in [-0.4, -0.2) is 27.6 Å². The summed E-state index contributed by atoms with van der Waals surface area (Å²) in [6.45, 7) is 4.42. The number of benzene rings is 2. The quantitative estimate of drug-likeness (QED) is 0.205. The highest BCUT2D eigenvalue weighted by Gasteiger charge is 2.62. The molecular formula is C41H46O5. The van der Waals surface area contributed by atoms with Crippen LogP contribution in [0.3, 0.4) is 0 Å². The SMILES string of the molecule is C#CC1(O)CCC2C3CCc4cc(OC(=O)Oc5ccc6c(c5)CCC5C6CCC6(C)C5CCC6(O)C#C)ccc4C3CCC21C. The average molecular weight is 619 g/mol. The van der Waals surface area contributed by atoms with Crippen LogP contribution in [0.5, 0.6) is 11.5 Å². The molecule has 2 N–H and O–H groups in total. The summed E-state index contributed by atoms with van der Waals surface area (Å²) in [5.41, 5.74) is 2.78. The maximum Gasteiger partial charge on any atom is 0.519 e. The molecule has 2 aromatic rings. The molecule has 4 saturated carbocycles. The standard InChI is InChI=1S/C41H46O5/c1-5-40(43)21-17-35-33-11-7-25-23-27(9-13-29(25)31(33)15-19-38(35,40)3)45-37(42)46-28-10-14-30-26(24-28)8-12-34-32(30)16-20-39(4)36(34)18-22-41(39,44)6-2/h1-2,9-10,13-14,23-24,31-36,43-44H,7-8,11-12,15-22H2,3-4H3. The molecular weight excluding hydrogens is 572 g/mol. The van der Waals surface area contributed by atoms with Crippen LogP contribution in [0.1, 0.15) is 112 Å². The van der Waals surface area contributed by atoms with E-state index in [9.17, 15) is 15.0 Å². The van der Waals surface area contributed by atoms with Gasteiger partial charge in [-0.25, -0.2) is 4.79 Å². The zero-order valence-electron chi connectivity index (χ0n) is 27.2. The molecule has 46 heavy (non-hydrogen) atoms. The summed E-state index contributed by atoms with van der Waals surface area (Å²) in [6.07, 6.45) is 22.2. The van der Waals surface area contributed by atoms with Gasteiger partial charge in [-0.1, -0.05) is 37.8 Å². The average Bonchev–Trinajstić information content (AvgIpc) is 3.49. The summed E-state index contributed by atoms with van der Waals surface area (Å²) < 4.78 is 11.4. The predicted octanol–water partition coefficient (Wildman–Crippen LogP) is 7.71. The van der Waals surface area contributed by atoms with E-state index in [2.05, 4.69) is 37.8 Å². The van der Waals surface area contributed by atoms with E-state index in [4.69, 9.17) is 22.3 Å². The molecule has 6 aliphatic carbocycles. The van der Waals surface area contributed by atoms with Gasteiger partial charge in [0.15, 0.2) is 0 Å².